The molecule has 0 bridgehead atoms. The standard InChI is InChI=1S/C16H17N3O3/c1-11-4-6-14(22-2)12(10-11)13(20)5-7-15(21)19-16-17-8-3-9-18-16/h3-4,6,8-10H,5,7H2,1-2H3,(H,17,18,19,21). The highest BCUT2D eigenvalue weighted by atomic mass is 16.5. The van der Waals surface area contributed by atoms with Gasteiger partial charge in [0, 0.05) is 25.2 Å². The predicted molar refractivity (Wildman–Crippen MR) is 82.0 cm³/mol. The lowest BCUT2D eigenvalue weighted by Gasteiger charge is -2.08. The van der Waals surface area contributed by atoms with E-state index in [1.807, 2.05) is 13.0 Å². The second kappa shape index (κ2) is 7.31. The Morgan fingerprint density at radius 2 is 1.91 bits per heavy atom. The minimum Gasteiger partial charge on any atom is -0.496 e. The SMILES string of the molecule is COc1ccc(C)cc1C(=O)CCC(=O)Nc1ncccn1. The van der Waals surface area contributed by atoms with Gasteiger partial charge in [-0.3, -0.25) is 14.9 Å². The number of ketones is 1. The summed E-state index contributed by atoms with van der Waals surface area (Å²) in [4.78, 5) is 31.8. The first kappa shape index (κ1) is 15.6. The number of anilines is 1. The first-order chi connectivity index (χ1) is 10.6. The third kappa shape index (κ3) is 4.12. The van der Waals surface area contributed by atoms with Crippen LogP contribution in [0.4, 0.5) is 5.95 Å². The highest BCUT2D eigenvalue weighted by molar-refractivity contribution is 6.01. The second-order valence-corrected chi connectivity index (χ2v) is 4.75. The highest BCUT2D eigenvalue weighted by Gasteiger charge is 2.14. The molecule has 2 aromatic rings. The summed E-state index contributed by atoms with van der Waals surface area (Å²) < 4.78 is 5.18. The normalized spacial score (nSPS) is 10.1. The smallest absolute Gasteiger partial charge is 0.229 e. The van der Waals surface area contributed by atoms with Gasteiger partial charge in [0.2, 0.25) is 11.9 Å². The van der Waals surface area contributed by atoms with Gasteiger partial charge in [0.25, 0.3) is 0 Å². The van der Waals surface area contributed by atoms with Crippen LogP contribution in [0.1, 0.15) is 28.8 Å². The van der Waals surface area contributed by atoms with Gasteiger partial charge in [-0.15, -0.1) is 0 Å². The van der Waals surface area contributed by atoms with E-state index in [-0.39, 0.29) is 30.5 Å². The fraction of sp³-hybridized carbons (Fsp3) is 0.250. The van der Waals surface area contributed by atoms with Crippen molar-refractivity contribution in [3.8, 4) is 5.75 Å². The number of carbonyl (C=O) groups excluding carboxylic acids is 2. The molecule has 0 aliphatic rings. The van der Waals surface area contributed by atoms with Crippen LogP contribution >= 0.6 is 0 Å². The molecule has 0 fully saturated rings. The Morgan fingerprint density at radius 3 is 2.59 bits per heavy atom. The van der Waals surface area contributed by atoms with Crippen molar-refractivity contribution >= 4 is 17.6 Å². The lowest BCUT2D eigenvalue weighted by atomic mass is 10.0. The fourth-order valence-corrected chi connectivity index (χ4v) is 1.95. The summed E-state index contributed by atoms with van der Waals surface area (Å²) in [5, 5.41) is 2.54. The fourth-order valence-electron chi connectivity index (χ4n) is 1.95. The van der Waals surface area contributed by atoms with E-state index in [4.69, 9.17) is 4.74 Å². The summed E-state index contributed by atoms with van der Waals surface area (Å²) in [6.07, 6.45) is 3.23. The molecule has 0 saturated carbocycles. The van der Waals surface area contributed by atoms with Crippen LogP contribution in [-0.2, 0) is 4.79 Å². The summed E-state index contributed by atoms with van der Waals surface area (Å²) in [6, 6.07) is 7.04. The van der Waals surface area contributed by atoms with Crippen molar-refractivity contribution in [1.29, 1.82) is 0 Å². The first-order valence-electron chi connectivity index (χ1n) is 6.85. The second-order valence-electron chi connectivity index (χ2n) is 4.75. The Morgan fingerprint density at radius 1 is 1.18 bits per heavy atom. The quantitative estimate of drug-likeness (QED) is 0.828. The number of benzene rings is 1. The van der Waals surface area contributed by atoms with Gasteiger partial charge >= 0.3 is 0 Å². The molecule has 0 atom stereocenters. The van der Waals surface area contributed by atoms with E-state index in [9.17, 15) is 9.59 Å². The van der Waals surface area contributed by atoms with E-state index in [1.165, 1.54) is 19.5 Å². The Bertz CT molecular complexity index is 672. The number of aryl methyl sites for hydroxylation is 1. The van der Waals surface area contributed by atoms with Crippen molar-refractivity contribution in [2.45, 2.75) is 19.8 Å². The molecule has 0 aliphatic heterocycles. The number of nitrogens with one attached hydrogen (secondary N) is 1. The van der Waals surface area contributed by atoms with Crippen LogP contribution in [0, 0.1) is 6.92 Å². The molecule has 22 heavy (non-hydrogen) atoms. The molecule has 0 aliphatic carbocycles. The van der Waals surface area contributed by atoms with Gasteiger partial charge in [0.05, 0.1) is 12.7 Å². The molecule has 0 unspecified atom stereocenters. The zero-order valence-electron chi connectivity index (χ0n) is 12.5. The van der Waals surface area contributed by atoms with Crippen molar-refractivity contribution in [2.24, 2.45) is 0 Å². The van der Waals surface area contributed by atoms with Crippen LogP contribution in [0.2, 0.25) is 0 Å². The zero-order valence-corrected chi connectivity index (χ0v) is 12.5. The van der Waals surface area contributed by atoms with Crippen molar-refractivity contribution in [2.75, 3.05) is 12.4 Å². The molecule has 6 nitrogen and oxygen atoms in total. The molecule has 0 saturated heterocycles. The summed E-state index contributed by atoms with van der Waals surface area (Å²) in [5.74, 6) is 0.311. The van der Waals surface area contributed by atoms with Crippen LogP contribution in [0.15, 0.2) is 36.7 Å². The third-order valence-electron chi connectivity index (χ3n) is 3.05. The predicted octanol–water partition coefficient (Wildman–Crippen LogP) is 2.40. The Kier molecular flexibility index (Phi) is 5.19. The zero-order chi connectivity index (χ0) is 15.9. The van der Waals surface area contributed by atoms with E-state index in [0.717, 1.165) is 5.56 Å². The first-order valence-corrected chi connectivity index (χ1v) is 6.85. The van der Waals surface area contributed by atoms with Crippen molar-refractivity contribution in [3.05, 3.63) is 47.8 Å². The topological polar surface area (TPSA) is 81.2 Å². The molecule has 0 radical (unpaired) electrons. The maximum Gasteiger partial charge on any atom is 0.229 e. The van der Waals surface area contributed by atoms with Crippen molar-refractivity contribution < 1.29 is 14.3 Å². The molecule has 0 spiro atoms. The molecule has 1 amide bonds. The maximum absolute atomic E-state index is 12.2. The molecule has 1 heterocycles. The van der Waals surface area contributed by atoms with Crippen molar-refractivity contribution in [1.82, 2.24) is 9.97 Å². The largest absolute Gasteiger partial charge is 0.496 e. The number of rotatable bonds is 6. The van der Waals surface area contributed by atoms with E-state index in [2.05, 4.69) is 15.3 Å². The maximum atomic E-state index is 12.2. The van der Waals surface area contributed by atoms with Gasteiger partial charge in [-0.05, 0) is 25.1 Å². The van der Waals surface area contributed by atoms with Crippen LogP contribution < -0.4 is 10.1 Å². The molecule has 114 valence electrons. The third-order valence-corrected chi connectivity index (χ3v) is 3.05. The molecule has 1 aromatic carbocycles. The van der Waals surface area contributed by atoms with E-state index in [1.54, 1.807) is 18.2 Å². The minimum absolute atomic E-state index is 0.0637. The number of amides is 1. The molecule has 2 rings (SSSR count). The summed E-state index contributed by atoms with van der Waals surface area (Å²) in [6.45, 7) is 1.90. The van der Waals surface area contributed by atoms with Gasteiger partial charge in [-0.1, -0.05) is 11.6 Å². The Labute approximate surface area is 128 Å². The van der Waals surface area contributed by atoms with Crippen molar-refractivity contribution in [3.63, 3.8) is 0 Å². The lowest BCUT2D eigenvalue weighted by Crippen LogP contribution is -2.15. The number of ether oxygens (including phenoxy) is 1. The van der Waals surface area contributed by atoms with E-state index < -0.39 is 0 Å². The Balaban J connectivity index is 1.95. The summed E-state index contributed by atoms with van der Waals surface area (Å²) in [7, 11) is 1.51. The lowest BCUT2D eigenvalue weighted by molar-refractivity contribution is -0.116. The molecule has 6 heteroatoms. The van der Waals surface area contributed by atoms with E-state index in [0.29, 0.717) is 11.3 Å². The number of carbonyl (C=O) groups is 2. The number of Topliss-reactive ketones (excluding diaryl/α,β-unsaturated/α-hetero) is 1. The van der Waals surface area contributed by atoms with Gasteiger partial charge < -0.3 is 4.74 Å². The average Bonchev–Trinajstić information content (AvgIpc) is 2.53. The van der Waals surface area contributed by atoms with Crippen LogP contribution in [0.25, 0.3) is 0 Å². The average molecular weight is 299 g/mol. The number of nitrogens with zero attached hydrogens (tertiary/aromatic N) is 2. The number of methoxy groups -OCH3 is 1. The molecular formula is C16H17N3O3. The molecular weight excluding hydrogens is 282 g/mol. The van der Waals surface area contributed by atoms with Crippen LogP contribution in [-0.4, -0.2) is 28.8 Å². The number of hydrogen-bond acceptors (Lipinski definition) is 5. The summed E-state index contributed by atoms with van der Waals surface area (Å²) >= 11 is 0. The highest BCUT2D eigenvalue weighted by Crippen LogP contribution is 2.21. The number of aromatic nitrogens is 2. The van der Waals surface area contributed by atoms with Crippen LogP contribution in [0.5, 0.6) is 5.75 Å². The van der Waals surface area contributed by atoms with Gasteiger partial charge in [0.1, 0.15) is 5.75 Å². The molecule has 1 aromatic heterocycles. The van der Waals surface area contributed by atoms with Gasteiger partial charge in [-0.2, -0.15) is 0 Å². The monoisotopic (exact) mass is 299 g/mol. The molecule has 1 N–H and O–H groups in total. The minimum atomic E-state index is -0.300. The Hall–Kier alpha value is -2.76. The van der Waals surface area contributed by atoms with Gasteiger partial charge in [0.15, 0.2) is 5.78 Å². The van der Waals surface area contributed by atoms with Crippen LogP contribution in [0.3, 0.4) is 0 Å². The van der Waals surface area contributed by atoms with E-state index >= 15 is 0 Å². The summed E-state index contributed by atoms with van der Waals surface area (Å²) in [5.41, 5.74) is 1.46. The number of hydrogen-bond donors (Lipinski definition) is 1. The van der Waals surface area contributed by atoms with Gasteiger partial charge in [-0.25, -0.2) is 9.97 Å².